The Hall–Kier alpha value is -1.09. The average Bonchev–Trinajstić information content (AvgIpc) is 3.24. The molecule has 0 aromatic carbocycles. The van der Waals surface area contributed by atoms with E-state index in [0.717, 1.165) is 17.8 Å². The highest BCUT2D eigenvalue weighted by atomic mass is 79.9. The normalized spacial score (nSPS) is 20.8. The number of sulfone groups is 1. The molecular weight excluding hydrogens is 757 g/mol. The first-order valence-electron chi connectivity index (χ1n) is 13.1. The largest absolute Gasteiger partial charge is 0.391 e. The van der Waals surface area contributed by atoms with Gasteiger partial charge in [-0.05, 0) is 61.3 Å². The number of nitrogens with zero attached hydrogens (tertiary/aromatic N) is 3. The van der Waals surface area contributed by atoms with E-state index in [1.807, 2.05) is 6.07 Å². The van der Waals surface area contributed by atoms with Crippen molar-refractivity contribution in [3.63, 3.8) is 0 Å². The lowest BCUT2D eigenvalue weighted by atomic mass is 9.81. The van der Waals surface area contributed by atoms with E-state index in [2.05, 4.69) is 34.0 Å². The maximum absolute atomic E-state index is 13.1. The molecule has 41 heavy (non-hydrogen) atoms. The minimum Gasteiger partial charge on any atom is -0.346 e. The van der Waals surface area contributed by atoms with Crippen molar-refractivity contribution in [3.05, 3.63) is 53.1 Å². The van der Waals surface area contributed by atoms with Crippen LogP contribution in [0.25, 0.3) is 0 Å². The number of alkyl halides is 3. The van der Waals surface area contributed by atoms with Crippen LogP contribution < -0.4 is 5.32 Å². The summed E-state index contributed by atoms with van der Waals surface area (Å²) in [5, 5.41) is 2.81. The highest BCUT2D eigenvalue weighted by Gasteiger charge is 2.42. The highest BCUT2D eigenvalue weighted by Crippen LogP contribution is 2.43. The molecule has 0 spiro atoms. The minimum atomic E-state index is -4.11. The van der Waals surface area contributed by atoms with Crippen LogP contribution in [0.3, 0.4) is 0 Å². The van der Waals surface area contributed by atoms with E-state index in [1.54, 1.807) is 19.2 Å². The van der Waals surface area contributed by atoms with E-state index in [4.69, 9.17) is 0 Å². The summed E-state index contributed by atoms with van der Waals surface area (Å²) in [4.78, 5) is 24.1. The van der Waals surface area contributed by atoms with Gasteiger partial charge < -0.3 is 5.32 Å². The molecule has 2 aromatic rings. The summed E-state index contributed by atoms with van der Waals surface area (Å²) < 4.78 is 63.1. The number of nitrogens with one attached hydrogen (secondary N) is 1. The second kappa shape index (κ2) is 15.6. The van der Waals surface area contributed by atoms with Crippen LogP contribution in [0, 0.1) is 17.8 Å². The number of fused-ring (bicyclic) bond motifs is 1. The molecule has 0 saturated heterocycles. The van der Waals surface area contributed by atoms with Crippen molar-refractivity contribution >= 4 is 66.7 Å². The first-order chi connectivity index (χ1) is 17.9. The lowest BCUT2D eigenvalue weighted by Crippen LogP contribution is -2.35. The Kier molecular flexibility index (Phi) is 14.4. The lowest BCUT2D eigenvalue weighted by Gasteiger charge is -2.35. The van der Waals surface area contributed by atoms with E-state index in [9.17, 15) is 26.4 Å². The predicted octanol–water partition coefficient (Wildman–Crippen LogP) is 6.82. The zero-order valence-corrected chi connectivity index (χ0v) is 29.1. The van der Waals surface area contributed by atoms with E-state index in [0.29, 0.717) is 30.6 Å². The average molecular weight is 795 g/mol. The van der Waals surface area contributed by atoms with Crippen molar-refractivity contribution in [3.8, 4) is 0 Å². The second-order valence-electron chi connectivity index (χ2n) is 10.7. The van der Waals surface area contributed by atoms with Crippen LogP contribution in [0.1, 0.15) is 79.8 Å². The van der Waals surface area contributed by atoms with E-state index in [1.165, 1.54) is 12.3 Å². The van der Waals surface area contributed by atoms with Gasteiger partial charge >= 0.3 is 6.18 Å². The monoisotopic (exact) mass is 792 g/mol. The van der Waals surface area contributed by atoms with Crippen LogP contribution in [0.15, 0.2) is 35.5 Å². The molecule has 1 aliphatic carbocycles. The standard InChI is InChI=1S/C27H35F3N4O3S.3BrH/c1-4-38(36,37)23-10-9-22(31-14-23)13-33-26(35)19-11-20-16-34(25(17(2)3)24(20)32-12-19)15-18-5-7-21(8-6-18)27(28,29)30;;;/h9-12,14,17-18,21,25H,4-8,13,15-16H2,1-3H3,(H,33,35);3*1H/t18?,21?,25-;;;/m0.../s1. The predicted molar refractivity (Wildman–Crippen MR) is 168 cm³/mol. The number of pyridine rings is 2. The number of halogens is 6. The highest BCUT2D eigenvalue weighted by molar-refractivity contribution is 8.93. The first-order valence-corrected chi connectivity index (χ1v) is 14.8. The summed E-state index contributed by atoms with van der Waals surface area (Å²) in [5.74, 6) is -1.02. The molecule has 4 rings (SSSR count). The van der Waals surface area contributed by atoms with Crippen molar-refractivity contribution < 1.29 is 26.4 Å². The van der Waals surface area contributed by atoms with Gasteiger partial charge in [0.2, 0.25) is 0 Å². The van der Waals surface area contributed by atoms with Crippen LogP contribution >= 0.6 is 50.9 Å². The Morgan fingerprint density at radius 1 is 1.07 bits per heavy atom. The van der Waals surface area contributed by atoms with Gasteiger partial charge in [0.15, 0.2) is 9.84 Å². The number of amides is 1. The van der Waals surface area contributed by atoms with Crippen molar-refractivity contribution in [2.45, 2.75) is 76.7 Å². The van der Waals surface area contributed by atoms with E-state index in [-0.39, 0.29) is 105 Å². The zero-order chi connectivity index (χ0) is 27.7. The molecule has 1 atom stereocenters. The van der Waals surface area contributed by atoms with Gasteiger partial charge in [-0.25, -0.2) is 8.42 Å². The summed E-state index contributed by atoms with van der Waals surface area (Å²) in [6, 6.07) is 4.97. The van der Waals surface area contributed by atoms with Crippen LogP contribution in [0.5, 0.6) is 0 Å². The Bertz CT molecular complexity index is 1260. The number of aromatic nitrogens is 2. The smallest absolute Gasteiger partial charge is 0.346 e. The Morgan fingerprint density at radius 3 is 2.27 bits per heavy atom. The first kappa shape index (κ1) is 37.9. The number of hydrogen-bond acceptors (Lipinski definition) is 6. The number of rotatable bonds is 8. The molecular formula is C27H38Br3F3N4O3S. The maximum Gasteiger partial charge on any atom is 0.391 e. The Labute approximate surface area is 271 Å². The van der Waals surface area contributed by atoms with Gasteiger partial charge in [0, 0.05) is 25.5 Å². The van der Waals surface area contributed by atoms with Gasteiger partial charge in [0.25, 0.3) is 5.91 Å². The summed E-state index contributed by atoms with van der Waals surface area (Å²) in [6.45, 7) is 7.27. The molecule has 232 valence electrons. The molecule has 3 heterocycles. The van der Waals surface area contributed by atoms with Gasteiger partial charge in [-0.3, -0.25) is 19.7 Å². The quantitative estimate of drug-likeness (QED) is 0.316. The lowest BCUT2D eigenvalue weighted by molar-refractivity contribution is -0.184. The minimum absolute atomic E-state index is 0. The third-order valence-corrected chi connectivity index (χ3v) is 9.43. The summed E-state index contributed by atoms with van der Waals surface area (Å²) in [7, 11) is -3.34. The van der Waals surface area contributed by atoms with Crippen LogP contribution in [0.4, 0.5) is 13.2 Å². The number of carbonyl (C=O) groups excluding carboxylic acids is 1. The Balaban J connectivity index is 0.00000280. The molecule has 1 saturated carbocycles. The fourth-order valence-electron chi connectivity index (χ4n) is 5.59. The molecule has 0 bridgehead atoms. The summed E-state index contributed by atoms with van der Waals surface area (Å²) in [5.41, 5.74) is 2.85. The molecule has 1 aliphatic heterocycles. The van der Waals surface area contributed by atoms with Gasteiger partial charge in [-0.15, -0.1) is 50.9 Å². The SMILES string of the molecule is Br.Br.Br.CCS(=O)(=O)c1ccc(CNC(=O)c2cnc3c(c2)CN(CC2CCC(C(F)(F)F)CC2)[C@H]3C(C)C)nc1. The number of hydrogen-bond donors (Lipinski definition) is 1. The van der Waals surface area contributed by atoms with E-state index >= 15 is 0 Å². The summed E-state index contributed by atoms with van der Waals surface area (Å²) >= 11 is 0. The molecule has 1 N–H and O–H groups in total. The molecule has 0 radical (unpaired) electrons. The summed E-state index contributed by atoms with van der Waals surface area (Å²) in [6.07, 6.45) is 0.279. The maximum atomic E-state index is 13.1. The third-order valence-electron chi connectivity index (χ3n) is 7.71. The van der Waals surface area contributed by atoms with Crippen LogP contribution in [-0.2, 0) is 22.9 Å². The van der Waals surface area contributed by atoms with Crippen molar-refractivity contribution in [2.75, 3.05) is 12.3 Å². The third kappa shape index (κ3) is 9.20. The fourth-order valence-corrected chi connectivity index (χ4v) is 6.41. The van der Waals surface area contributed by atoms with Gasteiger partial charge in [0.1, 0.15) is 0 Å². The van der Waals surface area contributed by atoms with Gasteiger partial charge in [-0.1, -0.05) is 20.8 Å². The molecule has 2 aliphatic rings. The van der Waals surface area contributed by atoms with Gasteiger partial charge in [-0.2, -0.15) is 13.2 Å². The number of carbonyl (C=O) groups is 1. The van der Waals surface area contributed by atoms with Crippen molar-refractivity contribution in [1.82, 2.24) is 20.2 Å². The van der Waals surface area contributed by atoms with Gasteiger partial charge in [0.05, 0.1) is 46.1 Å². The van der Waals surface area contributed by atoms with E-state index < -0.39 is 21.9 Å². The molecule has 7 nitrogen and oxygen atoms in total. The molecule has 14 heteroatoms. The molecule has 1 fully saturated rings. The molecule has 0 unspecified atom stereocenters. The van der Waals surface area contributed by atoms with Crippen molar-refractivity contribution in [2.24, 2.45) is 17.8 Å². The van der Waals surface area contributed by atoms with Crippen molar-refractivity contribution in [1.29, 1.82) is 0 Å². The fraction of sp³-hybridized carbons (Fsp3) is 0.593. The molecule has 2 aromatic heterocycles. The van der Waals surface area contributed by atoms with Crippen LogP contribution in [-0.4, -0.2) is 47.7 Å². The second-order valence-corrected chi connectivity index (χ2v) is 13.0. The zero-order valence-electron chi connectivity index (χ0n) is 23.2. The Morgan fingerprint density at radius 2 is 1.73 bits per heavy atom. The topological polar surface area (TPSA) is 92.3 Å². The van der Waals surface area contributed by atoms with Crippen LogP contribution in [0.2, 0.25) is 0 Å². The molecule has 1 amide bonds.